The maximum absolute atomic E-state index is 13.9. The quantitative estimate of drug-likeness (QED) is 0.849. The van der Waals surface area contributed by atoms with Gasteiger partial charge in [-0.3, -0.25) is 4.90 Å². The molecule has 1 aromatic rings. The van der Waals surface area contributed by atoms with Gasteiger partial charge in [0.05, 0.1) is 0 Å². The second-order valence-electron chi connectivity index (χ2n) is 4.05. The first-order valence-electron chi connectivity index (χ1n) is 6.03. The molecular weight excluding hydrogens is 239 g/mol. The zero-order valence-corrected chi connectivity index (χ0v) is 11.2. The van der Waals surface area contributed by atoms with Crippen LogP contribution in [0.2, 0.25) is 5.02 Å². The van der Waals surface area contributed by atoms with Gasteiger partial charge in [0.2, 0.25) is 0 Å². The van der Waals surface area contributed by atoms with Crippen molar-refractivity contribution in [2.75, 3.05) is 19.6 Å². The summed E-state index contributed by atoms with van der Waals surface area (Å²) in [7, 11) is 0. The lowest BCUT2D eigenvalue weighted by molar-refractivity contribution is 0.208. The number of nitrogens with two attached hydrogens (primary N) is 1. The van der Waals surface area contributed by atoms with Gasteiger partial charge in [-0.1, -0.05) is 31.5 Å². The minimum atomic E-state index is -0.275. The summed E-state index contributed by atoms with van der Waals surface area (Å²) in [6.45, 7) is 6.35. The van der Waals surface area contributed by atoms with Crippen LogP contribution in [0.15, 0.2) is 18.2 Å². The van der Waals surface area contributed by atoms with E-state index in [1.165, 1.54) is 6.07 Å². The largest absolute Gasteiger partial charge is 0.329 e. The molecule has 0 fully saturated rings. The third kappa shape index (κ3) is 3.66. The van der Waals surface area contributed by atoms with Gasteiger partial charge >= 0.3 is 0 Å². The molecule has 1 atom stereocenters. The summed E-state index contributed by atoms with van der Waals surface area (Å²) in [4.78, 5) is 2.19. The van der Waals surface area contributed by atoms with Gasteiger partial charge < -0.3 is 5.73 Å². The van der Waals surface area contributed by atoms with E-state index in [0.717, 1.165) is 19.5 Å². The molecule has 0 aromatic heterocycles. The Kier molecular flexibility index (Phi) is 5.89. The van der Waals surface area contributed by atoms with Crippen LogP contribution in [0.1, 0.15) is 31.9 Å². The lowest BCUT2D eigenvalue weighted by Gasteiger charge is -2.30. The van der Waals surface area contributed by atoms with Gasteiger partial charge in [-0.15, -0.1) is 0 Å². The number of hydrogen-bond donors (Lipinski definition) is 1. The van der Waals surface area contributed by atoms with Crippen molar-refractivity contribution in [3.8, 4) is 0 Å². The van der Waals surface area contributed by atoms with E-state index in [2.05, 4.69) is 18.7 Å². The maximum Gasteiger partial charge on any atom is 0.129 e. The fourth-order valence-electron chi connectivity index (χ4n) is 2.07. The van der Waals surface area contributed by atoms with Crippen LogP contribution in [0, 0.1) is 5.82 Å². The second kappa shape index (κ2) is 6.94. The van der Waals surface area contributed by atoms with Crippen molar-refractivity contribution >= 4 is 11.6 Å². The summed E-state index contributed by atoms with van der Waals surface area (Å²) in [5.74, 6) is -0.275. The average molecular weight is 259 g/mol. The summed E-state index contributed by atoms with van der Waals surface area (Å²) >= 11 is 5.75. The molecule has 1 rings (SSSR count). The van der Waals surface area contributed by atoms with Gasteiger partial charge in [0.1, 0.15) is 5.82 Å². The Morgan fingerprint density at radius 2 is 2.12 bits per heavy atom. The van der Waals surface area contributed by atoms with Crippen molar-refractivity contribution in [3.05, 3.63) is 34.6 Å². The summed E-state index contributed by atoms with van der Waals surface area (Å²) in [6.07, 6.45) is 1.03. The molecule has 1 unspecified atom stereocenters. The normalized spacial score (nSPS) is 13.1. The van der Waals surface area contributed by atoms with Crippen molar-refractivity contribution in [3.63, 3.8) is 0 Å². The molecule has 0 aliphatic heterocycles. The summed E-state index contributed by atoms with van der Waals surface area (Å²) in [6, 6.07) is 4.71. The fraction of sp³-hybridized carbons (Fsp3) is 0.538. The highest BCUT2D eigenvalue weighted by atomic mass is 35.5. The minimum Gasteiger partial charge on any atom is -0.329 e. The zero-order chi connectivity index (χ0) is 12.8. The van der Waals surface area contributed by atoms with Gasteiger partial charge in [0.15, 0.2) is 0 Å². The Morgan fingerprint density at radius 3 is 2.59 bits per heavy atom. The molecule has 0 radical (unpaired) electrons. The van der Waals surface area contributed by atoms with E-state index in [1.807, 2.05) is 0 Å². The summed E-state index contributed by atoms with van der Waals surface area (Å²) < 4.78 is 13.9. The molecule has 0 heterocycles. The predicted octanol–water partition coefficient (Wildman–Crippen LogP) is 3.21. The first-order valence-corrected chi connectivity index (χ1v) is 6.40. The number of benzene rings is 1. The minimum absolute atomic E-state index is 0.0720. The van der Waals surface area contributed by atoms with Crippen molar-refractivity contribution < 1.29 is 4.39 Å². The maximum atomic E-state index is 13.9. The summed E-state index contributed by atoms with van der Waals surface area (Å²) in [5, 5.41) is 0.417. The van der Waals surface area contributed by atoms with Crippen molar-refractivity contribution in [2.45, 2.75) is 26.3 Å². The van der Waals surface area contributed by atoms with Crippen LogP contribution in [0.25, 0.3) is 0 Å². The third-order valence-corrected chi connectivity index (χ3v) is 3.14. The Hall–Kier alpha value is -0.640. The lowest BCUT2D eigenvalue weighted by Crippen LogP contribution is -2.34. The smallest absolute Gasteiger partial charge is 0.129 e. The van der Waals surface area contributed by atoms with Crippen LogP contribution in [0.4, 0.5) is 4.39 Å². The Bertz CT molecular complexity index is 357. The van der Waals surface area contributed by atoms with Gasteiger partial charge in [0, 0.05) is 23.2 Å². The lowest BCUT2D eigenvalue weighted by atomic mass is 10.0. The van der Waals surface area contributed by atoms with E-state index in [-0.39, 0.29) is 11.9 Å². The monoisotopic (exact) mass is 258 g/mol. The summed E-state index contributed by atoms with van der Waals surface area (Å²) in [5.41, 5.74) is 6.41. The van der Waals surface area contributed by atoms with E-state index >= 15 is 0 Å². The first-order chi connectivity index (χ1) is 8.13. The molecule has 0 aliphatic carbocycles. The van der Waals surface area contributed by atoms with Crippen LogP contribution in [-0.4, -0.2) is 24.5 Å². The molecule has 17 heavy (non-hydrogen) atoms. The van der Waals surface area contributed by atoms with E-state index in [9.17, 15) is 4.39 Å². The number of halogens is 2. The predicted molar refractivity (Wildman–Crippen MR) is 70.7 cm³/mol. The number of likely N-dealkylation sites (N-methyl/N-ethyl adjacent to an activating group) is 1. The zero-order valence-electron chi connectivity index (χ0n) is 10.4. The van der Waals surface area contributed by atoms with E-state index in [0.29, 0.717) is 17.1 Å². The molecular formula is C13H20ClFN2. The van der Waals surface area contributed by atoms with Crippen LogP contribution in [-0.2, 0) is 0 Å². The van der Waals surface area contributed by atoms with Crippen molar-refractivity contribution in [1.29, 1.82) is 0 Å². The van der Waals surface area contributed by atoms with Crippen molar-refractivity contribution in [1.82, 2.24) is 4.90 Å². The average Bonchev–Trinajstić information content (AvgIpc) is 2.31. The van der Waals surface area contributed by atoms with Gasteiger partial charge in [-0.2, -0.15) is 0 Å². The molecule has 1 aromatic carbocycles. The number of rotatable bonds is 6. The SMILES string of the molecule is CCCN(CC)C(CN)c1ccc(Cl)cc1F. The second-order valence-corrected chi connectivity index (χ2v) is 4.48. The van der Waals surface area contributed by atoms with Crippen molar-refractivity contribution in [2.24, 2.45) is 5.73 Å². The highest BCUT2D eigenvalue weighted by Crippen LogP contribution is 2.24. The molecule has 0 bridgehead atoms. The molecule has 0 aliphatic rings. The molecule has 0 spiro atoms. The molecule has 2 N–H and O–H groups in total. The van der Waals surface area contributed by atoms with Gasteiger partial charge in [0.25, 0.3) is 0 Å². The molecule has 2 nitrogen and oxygen atoms in total. The highest BCUT2D eigenvalue weighted by molar-refractivity contribution is 6.30. The molecule has 0 saturated carbocycles. The Morgan fingerprint density at radius 1 is 1.41 bits per heavy atom. The highest BCUT2D eigenvalue weighted by Gasteiger charge is 2.20. The third-order valence-electron chi connectivity index (χ3n) is 2.90. The van der Waals surface area contributed by atoms with Crippen LogP contribution in [0.5, 0.6) is 0 Å². The Balaban J connectivity index is 2.99. The van der Waals surface area contributed by atoms with Gasteiger partial charge in [-0.05, 0) is 31.6 Å². The standard InChI is InChI=1S/C13H20ClFN2/c1-3-7-17(4-2)13(9-16)11-6-5-10(14)8-12(11)15/h5-6,8,13H,3-4,7,9,16H2,1-2H3. The fourth-order valence-corrected chi connectivity index (χ4v) is 2.22. The van der Waals surface area contributed by atoms with Crippen LogP contribution >= 0.6 is 11.6 Å². The molecule has 0 amide bonds. The number of hydrogen-bond acceptors (Lipinski definition) is 2. The van der Waals surface area contributed by atoms with Gasteiger partial charge in [-0.25, -0.2) is 4.39 Å². The van der Waals surface area contributed by atoms with E-state index < -0.39 is 0 Å². The first kappa shape index (κ1) is 14.4. The molecule has 4 heteroatoms. The van der Waals surface area contributed by atoms with E-state index in [1.54, 1.807) is 12.1 Å². The Labute approximate surface area is 108 Å². The van der Waals surface area contributed by atoms with Crippen LogP contribution < -0.4 is 5.73 Å². The number of nitrogens with zero attached hydrogens (tertiary/aromatic N) is 1. The topological polar surface area (TPSA) is 29.3 Å². The van der Waals surface area contributed by atoms with Crippen LogP contribution in [0.3, 0.4) is 0 Å². The molecule has 0 saturated heterocycles. The molecule has 96 valence electrons. The van der Waals surface area contributed by atoms with E-state index in [4.69, 9.17) is 17.3 Å².